The summed E-state index contributed by atoms with van der Waals surface area (Å²) < 4.78 is 28.7. The summed E-state index contributed by atoms with van der Waals surface area (Å²) in [5.41, 5.74) is 1.78. The van der Waals surface area contributed by atoms with Crippen molar-refractivity contribution < 1.29 is 12.9 Å². The SMILES string of the molecule is CC(C)=CCS(=O)(=O)Cc1noc(-c2ccsc2)n1. The van der Waals surface area contributed by atoms with Crippen molar-refractivity contribution in [1.29, 1.82) is 0 Å². The largest absolute Gasteiger partial charge is 0.334 e. The molecule has 0 bridgehead atoms. The third-order valence-corrected chi connectivity index (χ3v) is 4.39. The van der Waals surface area contributed by atoms with E-state index in [9.17, 15) is 8.42 Å². The molecule has 0 aliphatic rings. The van der Waals surface area contributed by atoms with Gasteiger partial charge in [-0.25, -0.2) is 8.42 Å². The van der Waals surface area contributed by atoms with Crippen molar-refractivity contribution in [3.63, 3.8) is 0 Å². The molecule has 0 amide bonds. The molecule has 0 fully saturated rings. The molecule has 19 heavy (non-hydrogen) atoms. The van der Waals surface area contributed by atoms with E-state index in [1.165, 1.54) is 11.3 Å². The van der Waals surface area contributed by atoms with Crippen LogP contribution in [0.1, 0.15) is 19.7 Å². The van der Waals surface area contributed by atoms with Gasteiger partial charge in [0.05, 0.1) is 11.3 Å². The third-order valence-electron chi connectivity index (χ3n) is 2.33. The first-order valence-electron chi connectivity index (χ1n) is 5.65. The highest BCUT2D eigenvalue weighted by Gasteiger charge is 2.16. The molecule has 0 aliphatic heterocycles. The summed E-state index contributed by atoms with van der Waals surface area (Å²) in [6, 6.07) is 1.85. The van der Waals surface area contributed by atoms with Crippen LogP contribution in [0.4, 0.5) is 0 Å². The Balaban J connectivity index is 2.10. The van der Waals surface area contributed by atoms with Gasteiger partial charge in [-0.1, -0.05) is 16.8 Å². The second-order valence-corrected chi connectivity index (χ2v) is 7.25. The van der Waals surface area contributed by atoms with Gasteiger partial charge in [0.2, 0.25) is 0 Å². The third kappa shape index (κ3) is 4.00. The van der Waals surface area contributed by atoms with Crippen LogP contribution in [0.3, 0.4) is 0 Å². The van der Waals surface area contributed by atoms with Gasteiger partial charge in [0.1, 0.15) is 5.75 Å². The van der Waals surface area contributed by atoms with Gasteiger partial charge in [0.15, 0.2) is 15.7 Å². The Kier molecular flexibility index (Phi) is 4.16. The fraction of sp³-hybridized carbons (Fsp3) is 0.333. The Bertz CT molecular complexity index is 666. The molecule has 0 N–H and O–H groups in total. The molecule has 0 radical (unpaired) electrons. The quantitative estimate of drug-likeness (QED) is 0.793. The first kappa shape index (κ1) is 14.0. The number of allylic oxidation sites excluding steroid dienone is 1. The van der Waals surface area contributed by atoms with Crippen LogP contribution in [0.2, 0.25) is 0 Å². The van der Waals surface area contributed by atoms with E-state index >= 15 is 0 Å². The zero-order chi connectivity index (χ0) is 13.9. The number of sulfone groups is 1. The summed E-state index contributed by atoms with van der Waals surface area (Å²) in [4.78, 5) is 4.09. The summed E-state index contributed by atoms with van der Waals surface area (Å²) in [5.74, 6) is 0.347. The van der Waals surface area contributed by atoms with Crippen LogP contribution >= 0.6 is 11.3 Å². The van der Waals surface area contributed by atoms with Crippen molar-refractivity contribution in [1.82, 2.24) is 10.1 Å². The lowest BCUT2D eigenvalue weighted by Gasteiger charge is -1.97. The van der Waals surface area contributed by atoms with E-state index < -0.39 is 9.84 Å². The molecule has 2 heterocycles. The minimum atomic E-state index is -3.24. The maximum absolute atomic E-state index is 11.8. The van der Waals surface area contributed by atoms with Crippen molar-refractivity contribution in [3.8, 4) is 11.5 Å². The Labute approximate surface area is 115 Å². The lowest BCUT2D eigenvalue weighted by molar-refractivity contribution is 0.424. The average molecular weight is 298 g/mol. The van der Waals surface area contributed by atoms with E-state index in [1.807, 2.05) is 30.7 Å². The average Bonchev–Trinajstić information content (AvgIpc) is 2.95. The molecule has 0 unspecified atom stereocenters. The molecule has 2 aromatic rings. The predicted molar refractivity (Wildman–Crippen MR) is 74.5 cm³/mol. The molecule has 2 aromatic heterocycles. The van der Waals surface area contributed by atoms with E-state index in [2.05, 4.69) is 10.1 Å². The Morgan fingerprint density at radius 2 is 2.26 bits per heavy atom. The standard InChI is InChI=1S/C12H14N2O3S2/c1-9(2)4-6-19(15,16)8-11-13-12(17-14-11)10-3-5-18-7-10/h3-5,7H,6,8H2,1-2H3. The molecule has 0 aromatic carbocycles. The van der Waals surface area contributed by atoms with Crippen LogP contribution in [0.15, 0.2) is 33.0 Å². The zero-order valence-corrected chi connectivity index (χ0v) is 12.3. The maximum Gasteiger partial charge on any atom is 0.258 e. The zero-order valence-electron chi connectivity index (χ0n) is 10.7. The number of rotatable bonds is 5. The van der Waals surface area contributed by atoms with Gasteiger partial charge in [-0.3, -0.25) is 0 Å². The molecule has 0 spiro atoms. The van der Waals surface area contributed by atoms with Crippen molar-refractivity contribution in [2.75, 3.05) is 5.75 Å². The van der Waals surface area contributed by atoms with Crippen molar-refractivity contribution in [3.05, 3.63) is 34.3 Å². The van der Waals surface area contributed by atoms with Crippen molar-refractivity contribution in [2.24, 2.45) is 0 Å². The molecule has 5 nitrogen and oxygen atoms in total. The maximum atomic E-state index is 11.8. The minimum absolute atomic E-state index is 0.00232. The van der Waals surface area contributed by atoms with Gasteiger partial charge < -0.3 is 4.52 Å². The summed E-state index contributed by atoms with van der Waals surface area (Å²) in [7, 11) is -3.24. The number of hydrogen-bond donors (Lipinski definition) is 0. The summed E-state index contributed by atoms with van der Waals surface area (Å²) in [6.07, 6.45) is 1.68. The highest BCUT2D eigenvalue weighted by molar-refractivity contribution is 7.90. The highest BCUT2D eigenvalue weighted by atomic mass is 32.2. The van der Waals surface area contributed by atoms with E-state index in [0.29, 0.717) is 5.89 Å². The summed E-state index contributed by atoms with van der Waals surface area (Å²) in [5, 5.41) is 7.47. The van der Waals surface area contributed by atoms with Crippen LogP contribution in [0.25, 0.3) is 11.5 Å². The molecule has 102 valence electrons. The molecular weight excluding hydrogens is 284 g/mol. The van der Waals surface area contributed by atoms with Gasteiger partial charge >= 0.3 is 0 Å². The van der Waals surface area contributed by atoms with Crippen LogP contribution < -0.4 is 0 Å². The van der Waals surface area contributed by atoms with Gasteiger partial charge in [0.25, 0.3) is 5.89 Å². The topological polar surface area (TPSA) is 73.1 Å². The van der Waals surface area contributed by atoms with Gasteiger partial charge in [-0.2, -0.15) is 16.3 Å². The number of aromatic nitrogens is 2. The Morgan fingerprint density at radius 3 is 2.89 bits per heavy atom. The van der Waals surface area contributed by atoms with Crippen LogP contribution in [-0.2, 0) is 15.6 Å². The predicted octanol–water partition coefficient (Wildman–Crippen LogP) is 2.68. The van der Waals surface area contributed by atoms with Crippen LogP contribution in [0, 0.1) is 0 Å². The molecule has 0 saturated carbocycles. The monoisotopic (exact) mass is 298 g/mol. The fourth-order valence-electron chi connectivity index (χ4n) is 1.37. The lowest BCUT2D eigenvalue weighted by Crippen LogP contribution is -2.09. The second-order valence-electron chi connectivity index (χ2n) is 4.36. The van der Waals surface area contributed by atoms with Crippen LogP contribution in [-0.4, -0.2) is 24.3 Å². The second kappa shape index (κ2) is 5.66. The molecular formula is C12H14N2O3S2. The Hall–Kier alpha value is -1.47. The van der Waals surface area contributed by atoms with Gasteiger partial charge in [-0.15, -0.1) is 0 Å². The minimum Gasteiger partial charge on any atom is -0.334 e. The van der Waals surface area contributed by atoms with Crippen molar-refractivity contribution >= 4 is 21.2 Å². The molecule has 0 aliphatic carbocycles. The molecule has 7 heteroatoms. The first-order valence-corrected chi connectivity index (χ1v) is 8.41. The number of nitrogens with zero attached hydrogens (tertiary/aromatic N) is 2. The van der Waals surface area contributed by atoms with E-state index in [-0.39, 0.29) is 17.3 Å². The molecule has 0 atom stereocenters. The van der Waals surface area contributed by atoms with E-state index in [4.69, 9.17) is 4.52 Å². The molecule has 0 saturated heterocycles. The van der Waals surface area contributed by atoms with Gasteiger partial charge in [0, 0.05) is 5.38 Å². The van der Waals surface area contributed by atoms with E-state index in [1.54, 1.807) is 6.08 Å². The fourth-order valence-corrected chi connectivity index (χ4v) is 3.21. The Morgan fingerprint density at radius 1 is 1.47 bits per heavy atom. The first-order chi connectivity index (χ1) is 8.96. The van der Waals surface area contributed by atoms with Crippen LogP contribution in [0.5, 0.6) is 0 Å². The summed E-state index contributed by atoms with van der Waals surface area (Å²) in [6.45, 7) is 3.72. The lowest BCUT2D eigenvalue weighted by atomic mass is 10.3. The number of thiophene rings is 1. The smallest absolute Gasteiger partial charge is 0.258 e. The number of hydrogen-bond acceptors (Lipinski definition) is 6. The van der Waals surface area contributed by atoms with E-state index in [0.717, 1.165) is 11.1 Å². The normalized spacial score (nSPS) is 11.5. The molecule has 2 rings (SSSR count). The van der Waals surface area contributed by atoms with Crippen molar-refractivity contribution in [2.45, 2.75) is 19.6 Å². The highest BCUT2D eigenvalue weighted by Crippen LogP contribution is 2.20. The van der Waals surface area contributed by atoms with Gasteiger partial charge in [-0.05, 0) is 25.3 Å². The summed E-state index contributed by atoms with van der Waals surface area (Å²) >= 11 is 1.51.